The van der Waals surface area contributed by atoms with E-state index in [4.69, 9.17) is 0 Å². The zero-order chi connectivity index (χ0) is 23.1. The summed E-state index contributed by atoms with van der Waals surface area (Å²) in [4.78, 5) is 0. The van der Waals surface area contributed by atoms with E-state index in [1.54, 1.807) is 0 Å². The standard InChI is InChI=1S/C34H26/c1-23-12-10-21-28(24(23)2)34-31-19-8-6-17-29(31)33(30-18-7-9-20-32(30)34)27-16-11-15-26(22-27)25-13-4-3-5-14-25/h3-22H,1-2H3. The van der Waals surface area contributed by atoms with Gasteiger partial charge in [0.15, 0.2) is 0 Å². The van der Waals surface area contributed by atoms with Crippen molar-refractivity contribution >= 4 is 21.5 Å². The van der Waals surface area contributed by atoms with Gasteiger partial charge in [0, 0.05) is 0 Å². The van der Waals surface area contributed by atoms with Crippen molar-refractivity contribution in [2.45, 2.75) is 13.8 Å². The van der Waals surface area contributed by atoms with E-state index < -0.39 is 0 Å². The second-order valence-corrected chi connectivity index (χ2v) is 9.04. The Morgan fingerprint density at radius 3 is 1.53 bits per heavy atom. The van der Waals surface area contributed by atoms with Crippen LogP contribution in [-0.4, -0.2) is 0 Å². The number of hydrogen-bond donors (Lipinski definition) is 0. The zero-order valence-corrected chi connectivity index (χ0v) is 19.5. The number of benzene rings is 6. The predicted molar refractivity (Wildman–Crippen MR) is 147 cm³/mol. The average molecular weight is 435 g/mol. The average Bonchev–Trinajstić information content (AvgIpc) is 2.90. The molecule has 0 aliphatic heterocycles. The summed E-state index contributed by atoms with van der Waals surface area (Å²) in [6.07, 6.45) is 0. The Kier molecular flexibility index (Phi) is 5.00. The van der Waals surface area contributed by atoms with E-state index in [1.165, 1.54) is 66.1 Å². The van der Waals surface area contributed by atoms with E-state index in [1.807, 2.05) is 0 Å². The molecular weight excluding hydrogens is 408 g/mol. The van der Waals surface area contributed by atoms with Crippen molar-refractivity contribution < 1.29 is 0 Å². The summed E-state index contributed by atoms with van der Waals surface area (Å²) in [7, 11) is 0. The molecule has 0 heterocycles. The van der Waals surface area contributed by atoms with Crippen LogP contribution in [-0.2, 0) is 0 Å². The maximum absolute atomic E-state index is 2.33. The van der Waals surface area contributed by atoms with Crippen molar-refractivity contribution in [3.05, 3.63) is 132 Å². The van der Waals surface area contributed by atoms with Gasteiger partial charge in [-0.15, -0.1) is 0 Å². The van der Waals surface area contributed by atoms with Crippen LogP contribution in [0.15, 0.2) is 121 Å². The molecule has 0 bridgehead atoms. The molecule has 0 aromatic heterocycles. The number of fused-ring (bicyclic) bond motifs is 2. The smallest absolute Gasteiger partial charge is 0.00236 e. The third kappa shape index (κ3) is 3.31. The maximum atomic E-state index is 2.33. The summed E-state index contributed by atoms with van der Waals surface area (Å²) < 4.78 is 0. The Bertz CT molecular complexity index is 1600. The van der Waals surface area contributed by atoms with Gasteiger partial charge in [-0.3, -0.25) is 0 Å². The molecule has 34 heavy (non-hydrogen) atoms. The van der Waals surface area contributed by atoms with Gasteiger partial charge in [0.05, 0.1) is 0 Å². The first-order valence-corrected chi connectivity index (χ1v) is 11.9. The second-order valence-electron chi connectivity index (χ2n) is 9.04. The van der Waals surface area contributed by atoms with Crippen LogP contribution in [0.2, 0.25) is 0 Å². The lowest BCUT2D eigenvalue weighted by molar-refractivity contribution is 1.35. The van der Waals surface area contributed by atoms with Crippen molar-refractivity contribution in [3.63, 3.8) is 0 Å². The molecule has 0 atom stereocenters. The molecule has 0 spiro atoms. The van der Waals surface area contributed by atoms with Crippen LogP contribution in [0.25, 0.3) is 54.9 Å². The molecule has 0 fully saturated rings. The van der Waals surface area contributed by atoms with Crippen LogP contribution in [0.5, 0.6) is 0 Å². The van der Waals surface area contributed by atoms with Crippen molar-refractivity contribution in [3.8, 4) is 33.4 Å². The van der Waals surface area contributed by atoms with Crippen LogP contribution in [0.4, 0.5) is 0 Å². The Hall–Kier alpha value is -4.16. The van der Waals surface area contributed by atoms with Gasteiger partial charge in [0.25, 0.3) is 0 Å². The first-order chi connectivity index (χ1) is 16.7. The van der Waals surface area contributed by atoms with Gasteiger partial charge in [-0.25, -0.2) is 0 Å². The van der Waals surface area contributed by atoms with Gasteiger partial charge in [0.2, 0.25) is 0 Å². The van der Waals surface area contributed by atoms with E-state index >= 15 is 0 Å². The van der Waals surface area contributed by atoms with Crippen LogP contribution in [0.1, 0.15) is 11.1 Å². The van der Waals surface area contributed by atoms with Gasteiger partial charge < -0.3 is 0 Å². The normalized spacial score (nSPS) is 11.2. The molecule has 0 amide bonds. The fourth-order valence-electron chi connectivity index (χ4n) is 5.24. The maximum Gasteiger partial charge on any atom is -0.00236 e. The van der Waals surface area contributed by atoms with Gasteiger partial charge in [-0.05, 0) is 86.0 Å². The highest BCUT2D eigenvalue weighted by atomic mass is 14.2. The monoisotopic (exact) mass is 434 g/mol. The fourth-order valence-corrected chi connectivity index (χ4v) is 5.24. The number of rotatable bonds is 3. The molecule has 0 radical (unpaired) electrons. The minimum atomic E-state index is 1.24. The lowest BCUT2D eigenvalue weighted by Gasteiger charge is -2.19. The Balaban J connectivity index is 1.72. The summed E-state index contributed by atoms with van der Waals surface area (Å²) >= 11 is 0. The SMILES string of the molecule is Cc1cccc(-c2c3ccccc3c(-c3cccc(-c4ccccc4)c3)c3ccccc23)c1C. The van der Waals surface area contributed by atoms with Crippen LogP contribution >= 0.6 is 0 Å². The molecule has 162 valence electrons. The third-order valence-electron chi connectivity index (χ3n) is 7.06. The van der Waals surface area contributed by atoms with Crippen molar-refractivity contribution in [1.29, 1.82) is 0 Å². The topological polar surface area (TPSA) is 0 Å². The third-order valence-corrected chi connectivity index (χ3v) is 7.06. The van der Waals surface area contributed by atoms with Crippen molar-refractivity contribution in [2.24, 2.45) is 0 Å². The second kappa shape index (κ2) is 8.32. The van der Waals surface area contributed by atoms with E-state index in [2.05, 4.69) is 135 Å². The molecule has 0 saturated heterocycles. The van der Waals surface area contributed by atoms with E-state index in [0.717, 1.165) is 0 Å². The minimum Gasteiger partial charge on any atom is -0.0622 e. The molecular formula is C34H26. The minimum absolute atomic E-state index is 1.24. The summed E-state index contributed by atoms with van der Waals surface area (Å²) in [6, 6.07) is 44.0. The summed E-state index contributed by atoms with van der Waals surface area (Å²) in [6.45, 7) is 4.44. The largest absolute Gasteiger partial charge is 0.0622 e. The molecule has 0 aliphatic carbocycles. The summed E-state index contributed by atoms with van der Waals surface area (Å²) in [5.41, 5.74) is 10.4. The molecule has 0 N–H and O–H groups in total. The quantitative estimate of drug-likeness (QED) is 0.243. The molecule has 6 aromatic rings. The van der Waals surface area contributed by atoms with Crippen molar-refractivity contribution in [2.75, 3.05) is 0 Å². The Morgan fingerprint density at radius 1 is 0.382 bits per heavy atom. The lowest BCUT2D eigenvalue weighted by atomic mass is 9.84. The van der Waals surface area contributed by atoms with Crippen LogP contribution < -0.4 is 0 Å². The van der Waals surface area contributed by atoms with E-state index in [-0.39, 0.29) is 0 Å². The molecule has 0 saturated carbocycles. The molecule has 0 heteroatoms. The van der Waals surface area contributed by atoms with Gasteiger partial charge in [-0.2, -0.15) is 0 Å². The molecule has 0 aliphatic rings. The Morgan fingerprint density at radius 2 is 0.882 bits per heavy atom. The lowest BCUT2D eigenvalue weighted by Crippen LogP contribution is -1.93. The fraction of sp³-hybridized carbons (Fsp3) is 0.0588. The van der Waals surface area contributed by atoms with Crippen LogP contribution in [0.3, 0.4) is 0 Å². The number of hydrogen-bond acceptors (Lipinski definition) is 0. The number of aryl methyl sites for hydroxylation is 1. The zero-order valence-electron chi connectivity index (χ0n) is 19.5. The molecule has 0 nitrogen and oxygen atoms in total. The van der Waals surface area contributed by atoms with Gasteiger partial charge in [0.1, 0.15) is 0 Å². The van der Waals surface area contributed by atoms with Gasteiger partial charge in [-0.1, -0.05) is 115 Å². The Labute approximate surface area is 201 Å². The highest BCUT2D eigenvalue weighted by Crippen LogP contribution is 2.45. The molecule has 6 aromatic carbocycles. The summed E-state index contributed by atoms with van der Waals surface area (Å²) in [5, 5.41) is 5.19. The molecule has 0 unspecified atom stereocenters. The molecule has 6 rings (SSSR count). The van der Waals surface area contributed by atoms with Gasteiger partial charge >= 0.3 is 0 Å². The first-order valence-electron chi connectivity index (χ1n) is 11.9. The summed E-state index contributed by atoms with van der Waals surface area (Å²) in [5.74, 6) is 0. The van der Waals surface area contributed by atoms with Crippen LogP contribution in [0, 0.1) is 13.8 Å². The van der Waals surface area contributed by atoms with E-state index in [0.29, 0.717) is 0 Å². The van der Waals surface area contributed by atoms with Crippen molar-refractivity contribution in [1.82, 2.24) is 0 Å². The first kappa shape index (κ1) is 20.4. The van der Waals surface area contributed by atoms with E-state index in [9.17, 15) is 0 Å². The predicted octanol–water partition coefficient (Wildman–Crippen LogP) is 9.61. The highest BCUT2D eigenvalue weighted by Gasteiger charge is 2.18. The highest BCUT2D eigenvalue weighted by molar-refractivity contribution is 6.21.